The third-order valence-electron chi connectivity index (χ3n) is 1.57. The van der Waals surface area contributed by atoms with E-state index in [0.717, 1.165) is 6.07 Å². The van der Waals surface area contributed by atoms with E-state index in [0.29, 0.717) is 5.56 Å². The molecule has 0 saturated carbocycles. The van der Waals surface area contributed by atoms with Crippen LogP contribution in [0.5, 0.6) is 0 Å². The van der Waals surface area contributed by atoms with Gasteiger partial charge in [-0.15, -0.1) is 0 Å². The lowest BCUT2D eigenvalue weighted by Crippen LogP contribution is -2.02. The first-order chi connectivity index (χ1) is 6.00. The summed E-state index contributed by atoms with van der Waals surface area (Å²) in [4.78, 5) is 21.1. The van der Waals surface area contributed by atoms with Gasteiger partial charge < -0.3 is 15.7 Å². The van der Waals surface area contributed by atoms with E-state index >= 15 is 0 Å². The molecular weight excluding hydrogens is 188 g/mol. The maximum atomic E-state index is 10.5. The average Bonchev–Trinajstić information content (AvgIpc) is 2.03. The van der Waals surface area contributed by atoms with Crippen molar-refractivity contribution in [3.8, 4) is 0 Å². The highest BCUT2D eigenvalue weighted by Gasteiger charge is 2.09. The Kier molecular flexibility index (Phi) is 3.79. The van der Waals surface area contributed by atoms with E-state index in [-0.39, 0.29) is 16.6 Å². The third-order valence-corrected chi connectivity index (χ3v) is 1.57. The van der Waals surface area contributed by atoms with Crippen LogP contribution >= 0.6 is 0 Å². The van der Waals surface area contributed by atoms with Gasteiger partial charge in [-0.3, -0.25) is 0 Å². The van der Waals surface area contributed by atoms with E-state index in [4.69, 9.17) is 10.2 Å². The zero-order chi connectivity index (χ0) is 10.0. The molecule has 76 valence electrons. The maximum absolute atomic E-state index is 10.5. The smallest absolute Gasteiger partial charge is 0.335 e. The van der Waals surface area contributed by atoms with Crippen molar-refractivity contribution in [2.24, 2.45) is 0 Å². The summed E-state index contributed by atoms with van der Waals surface area (Å²) < 4.78 is 0. The Hall–Kier alpha value is -1.88. The molecule has 0 aliphatic heterocycles. The number of aromatic carboxylic acids is 2. The van der Waals surface area contributed by atoms with Crippen molar-refractivity contribution in [2.45, 2.75) is 6.92 Å². The van der Waals surface area contributed by atoms with Crippen LogP contribution in [0.25, 0.3) is 0 Å². The number of benzene rings is 1. The van der Waals surface area contributed by atoms with Crippen molar-refractivity contribution in [1.29, 1.82) is 0 Å². The molecule has 5 nitrogen and oxygen atoms in total. The van der Waals surface area contributed by atoms with Crippen LogP contribution in [0, 0.1) is 6.92 Å². The standard InChI is InChI=1S/C9H8O4.H2O/c1-5-2-6(8(10)11)4-7(3-5)9(12)13;/h2-4H,1H3,(H,10,11)(H,12,13);1H2. The first-order valence-corrected chi connectivity index (χ1v) is 3.59. The molecule has 1 rings (SSSR count). The van der Waals surface area contributed by atoms with Crippen LogP contribution in [0.4, 0.5) is 0 Å². The van der Waals surface area contributed by atoms with Gasteiger partial charge in [-0.25, -0.2) is 9.59 Å². The highest BCUT2D eigenvalue weighted by Crippen LogP contribution is 2.09. The molecule has 4 N–H and O–H groups in total. The Labute approximate surface area is 79.9 Å². The normalized spacial score (nSPS) is 8.93. The van der Waals surface area contributed by atoms with Gasteiger partial charge >= 0.3 is 11.9 Å². The maximum Gasteiger partial charge on any atom is 0.335 e. The SMILES string of the molecule is Cc1cc(C(=O)O)cc(C(=O)O)c1.O. The summed E-state index contributed by atoms with van der Waals surface area (Å²) in [5.74, 6) is -2.24. The minimum atomic E-state index is -1.12. The number of rotatable bonds is 2. The molecule has 0 atom stereocenters. The van der Waals surface area contributed by atoms with Crippen molar-refractivity contribution in [1.82, 2.24) is 0 Å². The van der Waals surface area contributed by atoms with Gasteiger partial charge in [0.2, 0.25) is 0 Å². The molecule has 1 aromatic rings. The molecule has 0 bridgehead atoms. The van der Waals surface area contributed by atoms with E-state index in [1.165, 1.54) is 12.1 Å². The van der Waals surface area contributed by atoms with Crippen LogP contribution in [0.3, 0.4) is 0 Å². The number of aryl methyl sites for hydroxylation is 1. The lowest BCUT2D eigenvalue weighted by Gasteiger charge is -1.99. The van der Waals surface area contributed by atoms with E-state index in [1.807, 2.05) is 0 Å². The van der Waals surface area contributed by atoms with Crippen LogP contribution < -0.4 is 0 Å². The lowest BCUT2D eigenvalue weighted by atomic mass is 10.1. The predicted molar refractivity (Wildman–Crippen MR) is 48.7 cm³/mol. The molecule has 1 aromatic carbocycles. The van der Waals surface area contributed by atoms with Crippen molar-refractivity contribution < 1.29 is 25.3 Å². The van der Waals surface area contributed by atoms with Crippen LogP contribution in [0.15, 0.2) is 18.2 Å². The zero-order valence-corrected chi connectivity index (χ0v) is 7.44. The van der Waals surface area contributed by atoms with Crippen molar-refractivity contribution >= 4 is 11.9 Å². The molecule has 0 spiro atoms. The van der Waals surface area contributed by atoms with Crippen molar-refractivity contribution in [2.75, 3.05) is 0 Å². The molecule has 0 aromatic heterocycles. The summed E-state index contributed by atoms with van der Waals surface area (Å²) in [6, 6.07) is 3.99. The molecule has 0 saturated heterocycles. The van der Waals surface area contributed by atoms with E-state index < -0.39 is 11.9 Å². The average molecular weight is 198 g/mol. The summed E-state index contributed by atoms with van der Waals surface area (Å²) >= 11 is 0. The van der Waals surface area contributed by atoms with Crippen LogP contribution in [0.2, 0.25) is 0 Å². The van der Waals surface area contributed by atoms with Gasteiger partial charge in [0, 0.05) is 0 Å². The summed E-state index contributed by atoms with van der Waals surface area (Å²) in [6.45, 7) is 1.65. The first-order valence-electron chi connectivity index (χ1n) is 3.59. The van der Waals surface area contributed by atoms with Gasteiger partial charge in [0.1, 0.15) is 0 Å². The fourth-order valence-electron chi connectivity index (χ4n) is 1.03. The fraction of sp³-hybridized carbons (Fsp3) is 0.111. The first kappa shape index (κ1) is 12.1. The Bertz CT molecular complexity index is 337. The number of carboxylic acid groups (broad SMARTS) is 2. The van der Waals surface area contributed by atoms with E-state index in [1.54, 1.807) is 6.92 Å². The monoisotopic (exact) mass is 198 g/mol. The molecular formula is C9H10O5. The molecule has 0 aliphatic rings. The van der Waals surface area contributed by atoms with Gasteiger partial charge in [-0.05, 0) is 30.7 Å². The van der Waals surface area contributed by atoms with Gasteiger partial charge in [0.25, 0.3) is 0 Å². The predicted octanol–water partition coefficient (Wildman–Crippen LogP) is 0.567. The Balaban J connectivity index is 0.00000169. The van der Waals surface area contributed by atoms with Crippen LogP contribution in [-0.2, 0) is 0 Å². The minimum absolute atomic E-state index is 0. The second-order valence-electron chi connectivity index (χ2n) is 2.70. The Morgan fingerprint density at radius 2 is 1.36 bits per heavy atom. The van der Waals surface area contributed by atoms with Crippen molar-refractivity contribution in [3.63, 3.8) is 0 Å². The summed E-state index contributed by atoms with van der Waals surface area (Å²) in [6.07, 6.45) is 0. The lowest BCUT2D eigenvalue weighted by molar-refractivity contribution is 0.0696. The topological polar surface area (TPSA) is 106 Å². The van der Waals surface area contributed by atoms with Gasteiger partial charge in [0.05, 0.1) is 11.1 Å². The van der Waals surface area contributed by atoms with Crippen LogP contribution in [0.1, 0.15) is 26.3 Å². The van der Waals surface area contributed by atoms with Gasteiger partial charge in [0.15, 0.2) is 0 Å². The third kappa shape index (κ3) is 2.56. The summed E-state index contributed by atoms with van der Waals surface area (Å²) in [5.41, 5.74) is 0.618. The molecule has 0 aliphatic carbocycles. The Morgan fingerprint density at radius 1 is 1.00 bits per heavy atom. The van der Waals surface area contributed by atoms with E-state index in [2.05, 4.69) is 0 Å². The molecule has 0 fully saturated rings. The van der Waals surface area contributed by atoms with Crippen LogP contribution in [-0.4, -0.2) is 27.6 Å². The Morgan fingerprint density at radius 3 is 1.64 bits per heavy atom. The highest BCUT2D eigenvalue weighted by atomic mass is 16.4. The largest absolute Gasteiger partial charge is 0.478 e. The fourth-order valence-corrected chi connectivity index (χ4v) is 1.03. The summed E-state index contributed by atoms with van der Waals surface area (Å²) in [7, 11) is 0. The molecule has 5 heteroatoms. The zero-order valence-electron chi connectivity index (χ0n) is 7.44. The second kappa shape index (κ2) is 4.38. The molecule has 14 heavy (non-hydrogen) atoms. The molecule has 0 unspecified atom stereocenters. The number of carboxylic acids is 2. The highest BCUT2D eigenvalue weighted by molar-refractivity contribution is 5.94. The molecule has 0 amide bonds. The quantitative estimate of drug-likeness (QED) is 0.724. The second-order valence-corrected chi connectivity index (χ2v) is 2.70. The molecule has 0 heterocycles. The van der Waals surface area contributed by atoms with Gasteiger partial charge in [-0.2, -0.15) is 0 Å². The number of hydrogen-bond acceptors (Lipinski definition) is 2. The van der Waals surface area contributed by atoms with E-state index in [9.17, 15) is 9.59 Å². The number of carbonyl (C=O) groups is 2. The molecule has 0 radical (unpaired) electrons. The number of hydrogen-bond donors (Lipinski definition) is 2. The summed E-state index contributed by atoms with van der Waals surface area (Å²) in [5, 5.41) is 17.2. The van der Waals surface area contributed by atoms with Gasteiger partial charge in [-0.1, -0.05) is 0 Å². The van der Waals surface area contributed by atoms with Crippen molar-refractivity contribution in [3.05, 3.63) is 34.9 Å². The minimum Gasteiger partial charge on any atom is -0.478 e.